The molecule has 0 bridgehead atoms. The van der Waals surface area contributed by atoms with E-state index >= 15 is 0 Å². The Labute approximate surface area is 205 Å². The molecule has 180 valence electrons. The second kappa shape index (κ2) is 10.3. The van der Waals surface area contributed by atoms with E-state index in [4.69, 9.17) is 4.74 Å². The molecule has 2 aliphatic rings. The van der Waals surface area contributed by atoms with Crippen molar-refractivity contribution in [3.63, 3.8) is 0 Å². The first-order chi connectivity index (χ1) is 17.1. The highest BCUT2D eigenvalue weighted by molar-refractivity contribution is 5.72. The van der Waals surface area contributed by atoms with E-state index in [2.05, 4.69) is 56.7 Å². The molecule has 1 fully saturated rings. The second-order valence-electron chi connectivity index (χ2n) is 9.33. The Morgan fingerprint density at radius 1 is 1.31 bits per heavy atom. The quantitative estimate of drug-likeness (QED) is 0.535. The van der Waals surface area contributed by atoms with E-state index in [9.17, 15) is 5.26 Å². The third-order valence-corrected chi connectivity index (χ3v) is 7.10. The highest BCUT2D eigenvalue weighted by atomic mass is 16.5. The number of nitrogens with one attached hydrogen (secondary N) is 2. The number of anilines is 1. The van der Waals surface area contributed by atoms with E-state index in [0.29, 0.717) is 30.1 Å². The summed E-state index contributed by atoms with van der Waals surface area (Å²) in [6, 6.07) is 6.81. The third kappa shape index (κ3) is 5.05. The fourth-order valence-corrected chi connectivity index (χ4v) is 5.14. The maximum atomic E-state index is 9.66. The molecule has 1 aliphatic carbocycles. The molecular weight excluding hydrogens is 438 g/mol. The smallest absolute Gasteiger partial charge is 0.223 e. The fraction of sp³-hybridized carbons (Fsp3) is 0.407. The van der Waals surface area contributed by atoms with Crippen LogP contribution in [0, 0.1) is 17.2 Å². The Balaban J connectivity index is 1.29. The number of rotatable bonds is 7. The maximum Gasteiger partial charge on any atom is 0.223 e. The van der Waals surface area contributed by atoms with Gasteiger partial charge in [-0.25, -0.2) is 14.5 Å². The van der Waals surface area contributed by atoms with Crippen molar-refractivity contribution in [1.82, 2.24) is 24.9 Å². The van der Waals surface area contributed by atoms with Gasteiger partial charge in [0.1, 0.15) is 6.07 Å². The maximum absolute atomic E-state index is 9.66. The first-order valence-corrected chi connectivity index (χ1v) is 12.3. The van der Waals surface area contributed by atoms with Crippen LogP contribution in [0.2, 0.25) is 0 Å². The first kappa shape index (κ1) is 23.1. The molecule has 0 radical (unpaired) electrons. The van der Waals surface area contributed by atoms with Gasteiger partial charge in [0, 0.05) is 25.5 Å². The average Bonchev–Trinajstić information content (AvgIpc) is 3.33. The second-order valence-corrected chi connectivity index (χ2v) is 9.33. The van der Waals surface area contributed by atoms with Crippen molar-refractivity contribution in [2.24, 2.45) is 5.92 Å². The predicted octanol–water partition coefficient (Wildman–Crippen LogP) is 4.20. The summed E-state index contributed by atoms with van der Waals surface area (Å²) in [4.78, 5) is 8.98. The summed E-state index contributed by atoms with van der Waals surface area (Å²) in [7, 11) is 1.84. The van der Waals surface area contributed by atoms with Gasteiger partial charge in [-0.2, -0.15) is 10.4 Å². The molecule has 0 amide bonds. The van der Waals surface area contributed by atoms with Crippen LogP contribution in [0.15, 0.2) is 43.4 Å². The van der Waals surface area contributed by atoms with Crippen molar-refractivity contribution in [3.8, 4) is 6.07 Å². The number of pyridine rings is 1. The molecule has 0 aromatic carbocycles. The molecule has 3 aromatic rings. The van der Waals surface area contributed by atoms with Gasteiger partial charge >= 0.3 is 0 Å². The summed E-state index contributed by atoms with van der Waals surface area (Å²) >= 11 is 0. The van der Waals surface area contributed by atoms with E-state index in [1.807, 2.05) is 17.6 Å². The van der Waals surface area contributed by atoms with Crippen molar-refractivity contribution in [2.75, 3.05) is 25.6 Å². The summed E-state index contributed by atoms with van der Waals surface area (Å²) in [5.41, 5.74) is 6.85. The Kier molecular flexibility index (Phi) is 6.77. The SMILES string of the molecule is C=C(NC)c1ccnc(NC2CCC(Cc3cc(C4=CCOCC4)cn4ncc(C#N)c34)CC2)n1. The van der Waals surface area contributed by atoms with Crippen LogP contribution in [0.1, 0.15) is 54.5 Å². The molecule has 2 N–H and O–H groups in total. The lowest BCUT2D eigenvalue weighted by molar-refractivity contribution is 0.161. The summed E-state index contributed by atoms with van der Waals surface area (Å²) < 4.78 is 7.38. The number of aromatic nitrogens is 4. The van der Waals surface area contributed by atoms with Crippen molar-refractivity contribution in [3.05, 3.63) is 65.8 Å². The Hall–Kier alpha value is -3.70. The molecule has 5 rings (SSSR count). The zero-order valence-corrected chi connectivity index (χ0v) is 20.1. The first-order valence-electron chi connectivity index (χ1n) is 12.3. The molecule has 0 spiro atoms. The van der Waals surface area contributed by atoms with Gasteiger partial charge in [0.25, 0.3) is 0 Å². The van der Waals surface area contributed by atoms with Crippen LogP contribution in [-0.4, -0.2) is 45.9 Å². The summed E-state index contributed by atoms with van der Waals surface area (Å²) in [5.74, 6) is 1.22. The van der Waals surface area contributed by atoms with E-state index in [1.54, 1.807) is 12.4 Å². The largest absolute Gasteiger partial charge is 0.387 e. The van der Waals surface area contributed by atoms with Crippen LogP contribution in [0.25, 0.3) is 16.8 Å². The van der Waals surface area contributed by atoms with Gasteiger partial charge in [0.15, 0.2) is 0 Å². The minimum atomic E-state index is 0.354. The normalized spacial score (nSPS) is 20.2. The van der Waals surface area contributed by atoms with Crippen LogP contribution in [0.5, 0.6) is 0 Å². The number of ether oxygens (including phenoxy) is 1. The topological polar surface area (TPSA) is 100 Å². The Morgan fingerprint density at radius 3 is 2.91 bits per heavy atom. The molecule has 0 atom stereocenters. The van der Waals surface area contributed by atoms with Crippen molar-refractivity contribution < 1.29 is 4.74 Å². The molecule has 0 unspecified atom stereocenters. The van der Waals surface area contributed by atoms with Gasteiger partial charge in [-0.15, -0.1) is 0 Å². The standard InChI is InChI=1S/C27H31N7O/c1-18(29-2)25-7-10-30-27(33-25)32-24-5-3-19(4-6-24)13-21-14-22(20-8-11-35-12-9-20)17-34-26(21)23(15-28)16-31-34/h7-8,10,14,16-17,19,24,29H,1,3-6,9,11-13H2,2H3,(H,30,32,33). The van der Waals surface area contributed by atoms with E-state index in [0.717, 1.165) is 62.0 Å². The zero-order chi connectivity index (χ0) is 24.2. The summed E-state index contributed by atoms with van der Waals surface area (Å²) in [5, 5.41) is 20.7. The number of fused-ring (bicyclic) bond motifs is 1. The van der Waals surface area contributed by atoms with Crippen LogP contribution in [0.3, 0.4) is 0 Å². The van der Waals surface area contributed by atoms with Crippen LogP contribution in [-0.2, 0) is 11.2 Å². The molecule has 8 heteroatoms. The summed E-state index contributed by atoms with van der Waals surface area (Å²) in [6.07, 6.45) is 13.9. The van der Waals surface area contributed by atoms with Crippen LogP contribution >= 0.6 is 0 Å². The molecule has 1 aliphatic heterocycles. The van der Waals surface area contributed by atoms with Gasteiger partial charge in [0.05, 0.1) is 41.9 Å². The lowest BCUT2D eigenvalue weighted by atomic mass is 9.82. The zero-order valence-electron chi connectivity index (χ0n) is 20.1. The van der Waals surface area contributed by atoms with Gasteiger partial charge in [-0.1, -0.05) is 12.7 Å². The number of nitriles is 1. The van der Waals surface area contributed by atoms with Crippen molar-refractivity contribution in [1.29, 1.82) is 5.26 Å². The molecule has 0 saturated heterocycles. The number of hydrogen-bond acceptors (Lipinski definition) is 7. The number of hydrogen-bond donors (Lipinski definition) is 2. The van der Waals surface area contributed by atoms with Crippen LogP contribution < -0.4 is 10.6 Å². The molecular formula is C27H31N7O. The van der Waals surface area contributed by atoms with Gasteiger partial charge in [-0.3, -0.25) is 0 Å². The monoisotopic (exact) mass is 469 g/mol. The van der Waals surface area contributed by atoms with E-state index < -0.39 is 0 Å². The fourth-order valence-electron chi connectivity index (χ4n) is 5.14. The van der Waals surface area contributed by atoms with Crippen molar-refractivity contribution in [2.45, 2.75) is 44.6 Å². The highest BCUT2D eigenvalue weighted by Crippen LogP contribution is 2.32. The molecule has 3 aromatic heterocycles. The lowest BCUT2D eigenvalue weighted by Gasteiger charge is -2.29. The van der Waals surface area contributed by atoms with Gasteiger partial charge < -0.3 is 15.4 Å². The van der Waals surface area contributed by atoms with Gasteiger partial charge in [-0.05, 0) is 73.3 Å². The molecule has 8 nitrogen and oxygen atoms in total. The van der Waals surface area contributed by atoms with E-state index in [1.165, 1.54) is 16.7 Å². The van der Waals surface area contributed by atoms with E-state index in [-0.39, 0.29) is 0 Å². The summed E-state index contributed by atoms with van der Waals surface area (Å²) in [6.45, 7) is 5.38. The minimum Gasteiger partial charge on any atom is -0.387 e. The number of nitrogens with zero attached hydrogens (tertiary/aromatic N) is 5. The Bertz CT molecular complexity index is 1290. The lowest BCUT2D eigenvalue weighted by Crippen LogP contribution is -2.28. The highest BCUT2D eigenvalue weighted by Gasteiger charge is 2.24. The average molecular weight is 470 g/mol. The molecule has 1 saturated carbocycles. The molecule has 35 heavy (non-hydrogen) atoms. The predicted molar refractivity (Wildman–Crippen MR) is 137 cm³/mol. The molecule has 4 heterocycles. The van der Waals surface area contributed by atoms with Crippen molar-refractivity contribution >= 4 is 22.7 Å². The Morgan fingerprint density at radius 2 is 2.17 bits per heavy atom. The van der Waals surface area contributed by atoms with Gasteiger partial charge in [0.2, 0.25) is 5.95 Å². The minimum absolute atomic E-state index is 0.354. The third-order valence-electron chi connectivity index (χ3n) is 7.10. The van der Waals surface area contributed by atoms with Crippen LogP contribution in [0.4, 0.5) is 5.95 Å².